The minimum absolute atomic E-state index is 0. The third-order valence-electron chi connectivity index (χ3n) is 7.63. The number of halogens is 1. The maximum atomic E-state index is 12.9. The predicted octanol–water partition coefficient (Wildman–Crippen LogP) is 3.26. The molecule has 3 fully saturated rings. The van der Waals surface area contributed by atoms with Gasteiger partial charge < -0.3 is 15.5 Å². The molecule has 6 heteroatoms. The molecule has 1 aromatic rings. The van der Waals surface area contributed by atoms with Crippen LogP contribution < -0.4 is 5.73 Å². The minimum Gasteiger partial charge on any atom is -0.342 e. The first-order valence-corrected chi connectivity index (χ1v) is 11.4. The van der Waals surface area contributed by atoms with Gasteiger partial charge in [-0.15, -0.1) is 12.4 Å². The van der Waals surface area contributed by atoms with Crippen molar-refractivity contribution in [2.24, 2.45) is 23.0 Å². The normalized spacial score (nSPS) is 26.0. The van der Waals surface area contributed by atoms with Gasteiger partial charge in [0.05, 0.1) is 6.54 Å². The van der Waals surface area contributed by atoms with Gasteiger partial charge in [0.25, 0.3) is 0 Å². The van der Waals surface area contributed by atoms with E-state index in [0.29, 0.717) is 18.2 Å². The first-order valence-electron chi connectivity index (χ1n) is 11.4. The van der Waals surface area contributed by atoms with E-state index in [0.717, 1.165) is 51.4 Å². The maximum Gasteiger partial charge on any atom is 0.236 e. The van der Waals surface area contributed by atoms with Crippen LogP contribution in [0, 0.1) is 17.3 Å². The van der Waals surface area contributed by atoms with Gasteiger partial charge in [-0.05, 0) is 30.7 Å². The van der Waals surface area contributed by atoms with Crippen molar-refractivity contribution in [2.75, 3.05) is 32.7 Å². The van der Waals surface area contributed by atoms with E-state index in [2.05, 4.69) is 29.2 Å². The van der Waals surface area contributed by atoms with Crippen LogP contribution in [0.4, 0.5) is 0 Å². The molecule has 0 bridgehead atoms. The molecule has 2 N–H and O–H groups in total. The number of hydrogen-bond acceptors (Lipinski definition) is 3. The molecule has 166 valence electrons. The standard InChI is InChI=1S/C24H35N3O2.ClH/c25-14-23(29)27-16-21-15-26(22(28)11-10-19-8-4-5-9-19)17-24(21,18-27)13-12-20-6-2-1-3-7-20;/h1-3,6-7,19,21H,4-5,8-18,25H2;1H. The van der Waals surface area contributed by atoms with Gasteiger partial charge in [-0.3, -0.25) is 9.59 Å². The smallest absolute Gasteiger partial charge is 0.236 e. The summed E-state index contributed by atoms with van der Waals surface area (Å²) in [6.45, 7) is 3.16. The SMILES string of the molecule is Cl.NCC(=O)N1CC2CN(C(=O)CCC3CCCC3)CC2(CCc2ccccc2)C1. The largest absolute Gasteiger partial charge is 0.342 e. The number of hydrogen-bond donors (Lipinski definition) is 1. The van der Waals surface area contributed by atoms with Crippen molar-refractivity contribution in [3.8, 4) is 0 Å². The molecule has 2 amide bonds. The minimum atomic E-state index is 0. The summed E-state index contributed by atoms with van der Waals surface area (Å²) in [4.78, 5) is 29.2. The molecular formula is C24H36ClN3O2. The lowest BCUT2D eigenvalue weighted by molar-refractivity contribution is -0.131. The van der Waals surface area contributed by atoms with E-state index < -0.39 is 0 Å². The summed E-state index contributed by atoms with van der Waals surface area (Å²) in [5.41, 5.74) is 6.98. The molecule has 2 saturated heterocycles. The van der Waals surface area contributed by atoms with Gasteiger partial charge >= 0.3 is 0 Å². The number of rotatable bonds is 7. The second kappa shape index (κ2) is 10.1. The Labute approximate surface area is 186 Å². The van der Waals surface area contributed by atoms with Crippen LogP contribution in [0.25, 0.3) is 0 Å². The Balaban J connectivity index is 0.00000256. The van der Waals surface area contributed by atoms with Crippen molar-refractivity contribution in [1.82, 2.24) is 9.80 Å². The predicted molar refractivity (Wildman–Crippen MR) is 121 cm³/mol. The Morgan fingerprint density at radius 1 is 1.00 bits per heavy atom. The fourth-order valence-electron chi connectivity index (χ4n) is 5.87. The van der Waals surface area contributed by atoms with Crippen LogP contribution in [-0.2, 0) is 16.0 Å². The average molecular weight is 434 g/mol. The Morgan fingerprint density at radius 2 is 1.63 bits per heavy atom. The van der Waals surface area contributed by atoms with Crippen LogP contribution in [0.15, 0.2) is 30.3 Å². The highest BCUT2D eigenvalue weighted by atomic mass is 35.5. The number of fused-ring (bicyclic) bond motifs is 1. The van der Waals surface area contributed by atoms with Crippen LogP contribution in [0.3, 0.4) is 0 Å². The Morgan fingerprint density at radius 3 is 2.27 bits per heavy atom. The highest BCUT2D eigenvalue weighted by Gasteiger charge is 2.53. The summed E-state index contributed by atoms with van der Waals surface area (Å²) in [6, 6.07) is 10.5. The van der Waals surface area contributed by atoms with E-state index >= 15 is 0 Å². The van der Waals surface area contributed by atoms with Crippen molar-refractivity contribution < 1.29 is 9.59 Å². The van der Waals surface area contributed by atoms with E-state index in [1.54, 1.807) is 0 Å². The van der Waals surface area contributed by atoms with E-state index in [1.807, 2.05) is 11.0 Å². The molecule has 1 saturated carbocycles. The molecule has 5 nitrogen and oxygen atoms in total. The van der Waals surface area contributed by atoms with E-state index in [9.17, 15) is 9.59 Å². The molecule has 2 atom stereocenters. The number of carbonyl (C=O) groups excluding carboxylic acids is 2. The summed E-state index contributed by atoms with van der Waals surface area (Å²) >= 11 is 0. The number of carbonyl (C=O) groups is 2. The second-order valence-corrected chi connectivity index (χ2v) is 9.49. The van der Waals surface area contributed by atoms with Crippen LogP contribution in [0.5, 0.6) is 0 Å². The van der Waals surface area contributed by atoms with Crippen LogP contribution in [-0.4, -0.2) is 54.3 Å². The van der Waals surface area contributed by atoms with Gasteiger partial charge in [0.15, 0.2) is 0 Å². The number of likely N-dealkylation sites (tertiary alicyclic amines) is 2. The maximum absolute atomic E-state index is 12.9. The Kier molecular flexibility index (Phi) is 7.81. The number of aryl methyl sites for hydroxylation is 1. The fraction of sp³-hybridized carbons (Fsp3) is 0.667. The quantitative estimate of drug-likeness (QED) is 0.717. The van der Waals surface area contributed by atoms with Gasteiger partial charge in [-0.1, -0.05) is 56.0 Å². The van der Waals surface area contributed by atoms with Crippen molar-refractivity contribution in [3.63, 3.8) is 0 Å². The topological polar surface area (TPSA) is 66.6 Å². The molecule has 3 aliphatic rings. The molecule has 0 spiro atoms. The van der Waals surface area contributed by atoms with E-state index in [1.165, 1.54) is 31.2 Å². The van der Waals surface area contributed by atoms with Crippen molar-refractivity contribution in [2.45, 2.75) is 51.4 Å². The van der Waals surface area contributed by atoms with Gasteiger partial charge in [-0.25, -0.2) is 0 Å². The molecule has 4 rings (SSSR count). The van der Waals surface area contributed by atoms with Gasteiger partial charge in [-0.2, -0.15) is 0 Å². The summed E-state index contributed by atoms with van der Waals surface area (Å²) in [5.74, 6) is 1.49. The third-order valence-corrected chi connectivity index (χ3v) is 7.63. The average Bonchev–Trinajstić information content (AvgIpc) is 3.45. The highest BCUT2D eigenvalue weighted by molar-refractivity contribution is 5.85. The van der Waals surface area contributed by atoms with Gasteiger partial charge in [0, 0.05) is 43.9 Å². The monoisotopic (exact) mass is 433 g/mol. The molecule has 2 unspecified atom stereocenters. The summed E-state index contributed by atoms with van der Waals surface area (Å²) in [5, 5.41) is 0. The highest BCUT2D eigenvalue weighted by Crippen LogP contribution is 2.46. The van der Waals surface area contributed by atoms with Crippen LogP contribution in [0.1, 0.15) is 50.5 Å². The number of amides is 2. The number of benzene rings is 1. The zero-order valence-corrected chi connectivity index (χ0v) is 18.7. The molecule has 2 aliphatic heterocycles. The molecule has 1 aromatic carbocycles. The molecular weight excluding hydrogens is 398 g/mol. The van der Waals surface area contributed by atoms with Crippen molar-refractivity contribution >= 4 is 24.2 Å². The summed E-state index contributed by atoms with van der Waals surface area (Å²) in [6.07, 6.45) is 9.01. The number of nitrogens with zero attached hydrogens (tertiary/aromatic N) is 2. The summed E-state index contributed by atoms with van der Waals surface area (Å²) < 4.78 is 0. The Hall–Kier alpha value is -1.59. The molecule has 0 radical (unpaired) electrons. The van der Waals surface area contributed by atoms with Crippen molar-refractivity contribution in [3.05, 3.63) is 35.9 Å². The first-order chi connectivity index (χ1) is 14.1. The van der Waals surface area contributed by atoms with E-state index in [-0.39, 0.29) is 30.3 Å². The summed E-state index contributed by atoms with van der Waals surface area (Å²) in [7, 11) is 0. The zero-order chi connectivity index (χ0) is 20.3. The lowest BCUT2D eigenvalue weighted by Crippen LogP contribution is -2.40. The van der Waals surface area contributed by atoms with Crippen LogP contribution in [0.2, 0.25) is 0 Å². The molecule has 1 aliphatic carbocycles. The first kappa shape index (κ1) is 23.1. The lowest BCUT2D eigenvalue weighted by atomic mass is 9.76. The molecule has 30 heavy (non-hydrogen) atoms. The fourth-order valence-corrected chi connectivity index (χ4v) is 5.87. The third kappa shape index (κ3) is 5.00. The van der Waals surface area contributed by atoms with E-state index in [4.69, 9.17) is 5.73 Å². The van der Waals surface area contributed by atoms with Crippen molar-refractivity contribution in [1.29, 1.82) is 0 Å². The number of nitrogens with two attached hydrogens (primary N) is 1. The molecule has 0 aromatic heterocycles. The Bertz CT molecular complexity index is 722. The molecule has 2 heterocycles. The van der Waals surface area contributed by atoms with Gasteiger partial charge in [0.1, 0.15) is 0 Å². The lowest BCUT2D eigenvalue weighted by Gasteiger charge is -2.29. The zero-order valence-electron chi connectivity index (χ0n) is 17.9. The van der Waals surface area contributed by atoms with Gasteiger partial charge in [0.2, 0.25) is 11.8 Å². The van der Waals surface area contributed by atoms with Crippen LogP contribution >= 0.6 is 12.4 Å². The second-order valence-electron chi connectivity index (χ2n) is 9.49.